The van der Waals surface area contributed by atoms with E-state index in [1.165, 1.54) is 0 Å². The van der Waals surface area contributed by atoms with Crippen LogP contribution in [0.4, 0.5) is 4.79 Å². The zero-order chi connectivity index (χ0) is 8.77. The first-order valence-electron chi connectivity index (χ1n) is 4.26. The number of carbonyl (C=O) groups excluding carboxylic acids is 1. The largest absolute Gasteiger partial charge is 0.449 e. The molecule has 0 spiro atoms. The van der Waals surface area contributed by atoms with Crippen LogP contribution in [-0.4, -0.2) is 43.3 Å². The second kappa shape index (κ2) is 2.36. The summed E-state index contributed by atoms with van der Waals surface area (Å²) in [6.45, 7) is 4.50. The molecule has 2 aliphatic rings. The molecule has 1 N–H and O–H groups in total. The van der Waals surface area contributed by atoms with Crippen molar-refractivity contribution >= 4 is 6.09 Å². The van der Waals surface area contributed by atoms with Gasteiger partial charge in [-0.15, -0.1) is 0 Å². The number of fused-ring (bicyclic) bond motifs is 1. The van der Waals surface area contributed by atoms with Crippen molar-refractivity contribution in [3.8, 4) is 0 Å². The summed E-state index contributed by atoms with van der Waals surface area (Å²) in [5, 5.41) is 3.28. The molecule has 0 bridgehead atoms. The lowest BCUT2D eigenvalue weighted by molar-refractivity contribution is -0.00459. The summed E-state index contributed by atoms with van der Waals surface area (Å²) in [6, 6.07) is 0. The van der Waals surface area contributed by atoms with Gasteiger partial charge in [0.25, 0.3) is 0 Å². The number of nitrogens with zero attached hydrogens (tertiary/aromatic N) is 1. The Kier molecular flexibility index (Phi) is 1.54. The summed E-state index contributed by atoms with van der Waals surface area (Å²) in [4.78, 5) is 12.9. The Morgan fingerprint density at radius 1 is 1.75 bits per heavy atom. The van der Waals surface area contributed by atoms with Crippen molar-refractivity contribution in [1.29, 1.82) is 0 Å². The van der Waals surface area contributed by atoms with E-state index in [9.17, 15) is 4.79 Å². The minimum absolute atomic E-state index is 0.0324. The third-order valence-electron chi connectivity index (χ3n) is 3.20. The number of carbonyl (C=O) groups is 1. The highest BCUT2D eigenvalue weighted by molar-refractivity contribution is 5.69. The maximum Gasteiger partial charge on any atom is 0.410 e. The molecule has 0 aromatic heterocycles. The zero-order valence-corrected chi connectivity index (χ0v) is 7.46. The summed E-state index contributed by atoms with van der Waals surface area (Å²) in [6.07, 6.45) is -0.197. The lowest BCUT2D eigenvalue weighted by atomic mass is 9.87. The number of rotatable bonds is 0. The molecule has 0 radical (unpaired) electrons. The SMILES string of the molecule is CN1C(=O)OC[C@@H]2CNC[C@@]21C. The molecule has 0 aromatic rings. The van der Waals surface area contributed by atoms with Crippen molar-refractivity contribution < 1.29 is 9.53 Å². The molecule has 0 aliphatic carbocycles. The van der Waals surface area contributed by atoms with Crippen LogP contribution in [0.25, 0.3) is 0 Å². The Hall–Kier alpha value is -0.770. The van der Waals surface area contributed by atoms with E-state index in [1.54, 1.807) is 4.90 Å². The molecule has 0 unspecified atom stereocenters. The van der Waals surface area contributed by atoms with Gasteiger partial charge in [0.1, 0.15) is 0 Å². The van der Waals surface area contributed by atoms with Gasteiger partial charge < -0.3 is 15.0 Å². The molecule has 4 heteroatoms. The second-order valence-electron chi connectivity index (χ2n) is 3.82. The van der Waals surface area contributed by atoms with Crippen molar-refractivity contribution in [3.05, 3.63) is 0 Å². The van der Waals surface area contributed by atoms with Crippen LogP contribution in [-0.2, 0) is 4.74 Å². The average Bonchev–Trinajstić information content (AvgIpc) is 2.42. The Morgan fingerprint density at radius 3 is 3.25 bits per heavy atom. The predicted molar refractivity (Wildman–Crippen MR) is 43.9 cm³/mol. The standard InChI is InChI=1S/C8H14N2O2/c1-8-5-9-3-6(8)4-12-7(11)10(8)2/h6,9H,3-5H2,1-2H3/t6-,8-/m0/s1. The van der Waals surface area contributed by atoms with Gasteiger partial charge in [-0.05, 0) is 6.92 Å². The Balaban J connectivity index is 2.25. The normalized spacial score (nSPS) is 41.0. The van der Waals surface area contributed by atoms with Crippen molar-refractivity contribution in [2.75, 3.05) is 26.7 Å². The van der Waals surface area contributed by atoms with Crippen molar-refractivity contribution in [2.45, 2.75) is 12.5 Å². The fraction of sp³-hybridized carbons (Fsp3) is 0.875. The molecular formula is C8H14N2O2. The topological polar surface area (TPSA) is 41.6 Å². The molecule has 2 fully saturated rings. The first-order chi connectivity index (χ1) is 5.64. The van der Waals surface area contributed by atoms with Gasteiger partial charge in [-0.25, -0.2) is 4.79 Å². The van der Waals surface area contributed by atoms with Crippen LogP contribution in [0, 0.1) is 5.92 Å². The third kappa shape index (κ3) is 0.843. The Morgan fingerprint density at radius 2 is 2.50 bits per heavy atom. The molecule has 2 atom stereocenters. The molecule has 12 heavy (non-hydrogen) atoms. The van der Waals surface area contributed by atoms with Crippen LogP contribution in [0.3, 0.4) is 0 Å². The molecule has 4 nitrogen and oxygen atoms in total. The summed E-state index contributed by atoms with van der Waals surface area (Å²) in [5.41, 5.74) is -0.0324. The van der Waals surface area contributed by atoms with E-state index in [4.69, 9.17) is 4.74 Å². The van der Waals surface area contributed by atoms with Gasteiger partial charge in [0.2, 0.25) is 0 Å². The summed E-state index contributed by atoms with van der Waals surface area (Å²) >= 11 is 0. The van der Waals surface area contributed by atoms with Crippen LogP contribution < -0.4 is 5.32 Å². The molecule has 1 amide bonds. The maximum atomic E-state index is 11.2. The van der Waals surface area contributed by atoms with E-state index in [0.29, 0.717) is 12.5 Å². The number of likely N-dealkylation sites (N-methyl/N-ethyl adjacent to an activating group) is 1. The van der Waals surface area contributed by atoms with Crippen LogP contribution in [0.2, 0.25) is 0 Å². The van der Waals surface area contributed by atoms with E-state index in [2.05, 4.69) is 12.2 Å². The molecule has 2 heterocycles. The second-order valence-corrected chi connectivity index (χ2v) is 3.82. The number of nitrogens with one attached hydrogen (secondary N) is 1. The molecule has 2 saturated heterocycles. The summed E-state index contributed by atoms with van der Waals surface area (Å²) < 4.78 is 5.02. The highest BCUT2D eigenvalue weighted by Gasteiger charge is 2.48. The fourth-order valence-electron chi connectivity index (χ4n) is 1.97. The maximum absolute atomic E-state index is 11.2. The van der Waals surface area contributed by atoms with Crippen molar-refractivity contribution in [1.82, 2.24) is 10.2 Å². The number of hydrogen-bond acceptors (Lipinski definition) is 3. The predicted octanol–water partition coefficient (Wildman–Crippen LogP) is 0.0465. The van der Waals surface area contributed by atoms with Gasteiger partial charge in [-0.1, -0.05) is 0 Å². The smallest absolute Gasteiger partial charge is 0.410 e. The Bertz CT molecular complexity index is 219. The lowest BCUT2D eigenvalue weighted by Crippen LogP contribution is -2.57. The summed E-state index contributed by atoms with van der Waals surface area (Å²) in [7, 11) is 1.81. The van der Waals surface area contributed by atoms with Gasteiger partial charge in [0.05, 0.1) is 12.1 Å². The monoisotopic (exact) mass is 170 g/mol. The minimum Gasteiger partial charge on any atom is -0.449 e. The summed E-state index contributed by atoms with van der Waals surface area (Å²) in [5.74, 6) is 0.445. The number of cyclic esters (lactones) is 1. The highest BCUT2D eigenvalue weighted by atomic mass is 16.6. The van der Waals surface area contributed by atoms with Crippen molar-refractivity contribution in [2.24, 2.45) is 5.92 Å². The fourth-order valence-corrected chi connectivity index (χ4v) is 1.97. The molecule has 0 saturated carbocycles. The van der Waals surface area contributed by atoms with E-state index in [0.717, 1.165) is 13.1 Å². The quantitative estimate of drug-likeness (QED) is 0.558. The number of hydrogen-bond donors (Lipinski definition) is 1. The van der Waals surface area contributed by atoms with E-state index < -0.39 is 0 Å². The van der Waals surface area contributed by atoms with Crippen LogP contribution in [0.5, 0.6) is 0 Å². The van der Waals surface area contributed by atoms with E-state index in [-0.39, 0.29) is 11.6 Å². The molecule has 2 aliphatic heterocycles. The molecule has 0 aromatic carbocycles. The van der Waals surface area contributed by atoms with E-state index >= 15 is 0 Å². The molecular weight excluding hydrogens is 156 g/mol. The zero-order valence-electron chi connectivity index (χ0n) is 7.46. The van der Waals surface area contributed by atoms with Crippen molar-refractivity contribution in [3.63, 3.8) is 0 Å². The van der Waals surface area contributed by atoms with Gasteiger partial charge in [-0.3, -0.25) is 0 Å². The van der Waals surface area contributed by atoms with Crippen LogP contribution in [0.1, 0.15) is 6.92 Å². The first kappa shape index (κ1) is 7.86. The number of amides is 1. The van der Waals surface area contributed by atoms with Gasteiger partial charge >= 0.3 is 6.09 Å². The first-order valence-corrected chi connectivity index (χ1v) is 4.26. The number of ether oxygens (including phenoxy) is 1. The average molecular weight is 170 g/mol. The van der Waals surface area contributed by atoms with E-state index in [1.807, 2.05) is 7.05 Å². The van der Waals surface area contributed by atoms with Gasteiger partial charge in [0, 0.05) is 26.1 Å². The molecule has 2 rings (SSSR count). The van der Waals surface area contributed by atoms with Crippen LogP contribution in [0.15, 0.2) is 0 Å². The van der Waals surface area contributed by atoms with Crippen LogP contribution >= 0.6 is 0 Å². The van der Waals surface area contributed by atoms with Gasteiger partial charge in [0.15, 0.2) is 0 Å². The minimum atomic E-state index is -0.197. The Labute approximate surface area is 71.9 Å². The molecule has 68 valence electrons. The van der Waals surface area contributed by atoms with Gasteiger partial charge in [-0.2, -0.15) is 0 Å². The lowest BCUT2D eigenvalue weighted by Gasteiger charge is -2.42. The highest BCUT2D eigenvalue weighted by Crippen LogP contribution is 2.31. The third-order valence-corrected chi connectivity index (χ3v) is 3.20.